The fourth-order valence-electron chi connectivity index (χ4n) is 4.51. The smallest absolute Gasteiger partial charge is 0.391 e. The molecule has 3 amide bonds. The molecule has 2 aliphatic heterocycles. The summed E-state index contributed by atoms with van der Waals surface area (Å²) in [4.78, 5) is 50.9. The molecule has 1 saturated carbocycles. The van der Waals surface area contributed by atoms with Crippen molar-refractivity contribution in [2.24, 2.45) is 5.92 Å². The van der Waals surface area contributed by atoms with Crippen molar-refractivity contribution < 1.29 is 37.5 Å². The van der Waals surface area contributed by atoms with Crippen molar-refractivity contribution >= 4 is 23.5 Å². The maximum Gasteiger partial charge on any atom is 0.471 e. The van der Waals surface area contributed by atoms with Crippen molar-refractivity contribution in [1.82, 2.24) is 15.5 Å². The first-order valence-corrected chi connectivity index (χ1v) is 10.8. The second-order valence-electron chi connectivity index (χ2n) is 8.81. The molecule has 2 heterocycles. The van der Waals surface area contributed by atoms with Gasteiger partial charge in [0.25, 0.3) is 0 Å². The van der Waals surface area contributed by atoms with Crippen LogP contribution in [0.25, 0.3) is 0 Å². The lowest BCUT2D eigenvalue weighted by Gasteiger charge is -2.29. The molecule has 3 N–H and O–H groups in total. The predicted octanol–water partition coefficient (Wildman–Crippen LogP) is 0.980. The van der Waals surface area contributed by atoms with Gasteiger partial charge in [-0.05, 0) is 32.6 Å². The highest BCUT2D eigenvalue weighted by Gasteiger charge is 2.59. The molecular weight excluding hydrogens is 431 g/mol. The molecule has 3 rings (SSSR count). The third-order valence-corrected chi connectivity index (χ3v) is 6.45. The molecule has 0 radical (unpaired) electrons. The van der Waals surface area contributed by atoms with E-state index in [-0.39, 0.29) is 31.1 Å². The molecule has 11 heteroatoms. The molecule has 1 aliphatic carbocycles. The van der Waals surface area contributed by atoms with E-state index in [1.807, 2.05) is 12.2 Å². The quantitative estimate of drug-likeness (QED) is 0.533. The first-order valence-electron chi connectivity index (χ1n) is 10.8. The number of carbonyl (C=O) groups excluding carboxylic acids is 4. The molecule has 32 heavy (non-hydrogen) atoms. The van der Waals surface area contributed by atoms with Gasteiger partial charge < -0.3 is 20.6 Å². The van der Waals surface area contributed by atoms with Crippen LogP contribution in [0.5, 0.6) is 0 Å². The second kappa shape index (κ2) is 9.21. The van der Waals surface area contributed by atoms with Crippen LogP contribution in [0, 0.1) is 5.92 Å². The molecule has 3 aliphatic rings. The topological polar surface area (TPSA) is 116 Å². The molecular formula is C21H28F3N3O5. The molecule has 0 bridgehead atoms. The van der Waals surface area contributed by atoms with Crippen LogP contribution in [-0.4, -0.2) is 70.0 Å². The second-order valence-corrected chi connectivity index (χ2v) is 8.81. The van der Waals surface area contributed by atoms with Crippen LogP contribution in [0.3, 0.4) is 0 Å². The Bertz CT molecular complexity index is 815. The van der Waals surface area contributed by atoms with Crippen LogP contribution in [0.15, 0.2) is 12.2 Å². The Labute approximate surface area is 183 Å². The lowest BCUT2D eigenvalue weighted by molar-refractivity contribution is -0.175. The maximum absolute atomic E-state index is 13.1. The third kappa shape index (κ3) is 5.13. The fraction of sp³-hybridized carbons (Fsp3) is 0.714. The van der Waals surface area contributed by atoms with E-state index >= 15 is 0 Å². The number of amides is 3. The SMILES string of the molecule is CC(=O)[C@@]12C[C@@H]1/C=C\CCCCC[C@H](NC(=O)C(F)(F)F)C(=O)N1C[C@H](O)C[C@H]1C(=O)N2. The summed E-state index contributed by atoms with van der Waals surface area (Å²) in [6.07, 6.45) is 0.345. The number of aliphatic hydroxyl groups excluding tert-OH is 1. The normalized spacial score (nSPS) is 35.0. The molecule has 178 valence electrons. The standard InChI is InChI=1S/C21H28F3N3O5/c1-12(28)20-10-13(20)7-5-3-2-4-6-8-15(25-19(32)21(22,23)24)18(31)27-11-14(29)9-16(27)17(30)26-20/h5,7,13-16,29H,2-4,6,8-11H2,1H3,(H,25,32)(H,26,30)/b7-5-/t13-,14+,15-,16-,20-/m0/s1. The Morgan fingerprint density at radius 1 is 1.25 bits per heavy atom. The fourth-order valence-corrected chi connectivity index (χ4v) is 4.51. The van der Waals surface area contributed by atoms with E-state index in [0.717, 1.165) is 11.3 Å². The highest BCUT2D eigenvalue weighted by atomic mass is 19.4. The van der Waals surface area contributed by atoms with E-state index in [9.17, 15) is 37.5 Å². The lowest BCUT2D eigenvalue weighted by atomic mass is 10.0. The number of fused-ring (bicyclic) bond motifs is 2. The summed E-state index contributed by atoms with van der Waals surface area (Å²) in [5, 5.41) is 14.6. The van der Waals surface area contributed by atoms with E-state index in [1.54, 1.807) is 5.32 Å². The van der Waals surface area contributed by atoms with Gasteiger partial charge in [-0.25, -0.2) is 0 Å². The summed E-state index contributed by atoms with van der Waals surface area (Å²) >= 11 is 0. The number of Topliss-reactive ketones (excluding diaryl/α,β-unsaturated/α-hetero) is 1. The largest absolute Gasteiger partial charge is 0.471 e. The van der Waals surface area contributed by atoms with Crippen LogP contribution in [-0.2, 0) is 19.2 Å². The molecule has 0 unspecified atom stereocenters. The number of allylic oxidation sites excluding steroid dienone is 1. The lowest BCUT2D eigenvalue weighted by Crippen LogP contribution is -2.57. The first-order chi connectivity index (χ1) is 15.0. The summed E-state index contributed by atoms with van der Waals surface area (Å²) in [5.74, 6) is -4.11. The highest BCUT2D eigenvalue weighted by molar-refractivity contribution is 5.98. The van der Waals surface area contributed by atoms with Gasteiger partial charge in [0.05, 0.1) is 6.10 Å². The average molecular weight is 459 g/mol. The average Bonchev–Trinajstić information content (AvgIpc) is 3.25. The minimum Gasteiger partial charge on any atom is -0.391 e. The van der Waals surface area contributed by atoms with E-state index < -0.39 is 47.6 Å². The number of nitrogens with one attached hydrogen (secondary N) is 2. The van der Waals surface area contributed by atoms with Crippen molar-refractivity contribution in [3.63, 3.8) is 0 Å². The molecule has 0 spiro atoms. The van der Waals surface area contributed by atoms with Crippen LogP contribution in [0.4, 0.5) is 13.2 Å². The molecule has 0 aromatic carbocycles. The molecule has 0 aromatic rings. The Hall–Kier alpha value is -2.43. The van der Waals surface area contributed by atoms with Crippen molar-refractivity contribution in [3.05, 3.63) is 12.2 Å². The molecule has 5 atom stereocenters. The molecule has 1 saturated heterocycles. The van der Waals surface area contributed by atoms with E-state index in [2.05, 4.69) is 5.32 Å². The number of halogens is 3. The zero-order valence-corrected chi connectivity index (χ0v) is 17.8. The monoisotopic (exact) mass is 459 g/mol. The third-order valence-electron chi connectivity index (χ3n) is 6.45. The van der Waals surface area contributed by atoms with Gasteiger partial charge >= 0.3 is 12.1 Å². The van der Waals surface area contributed by atoms with Gasteiger partial charge in [0.2, 0.25) is 11.8 Å². The number of carbonyl (C=O) groups is 4. The van der Waals surface area contributed by atoms with Gasteiger partial charge in [0.15, 0.2) is 5.78 Å². The van der Waals surface area contributed by atoms with Gasteiger partial charge in [-0.3, -0.25) is 19.2 Å². The van der Waals surface area contributed by atoms with Crippen molar-refractivity contribution in [2.45, 2.75) is 81.8 Å². The predicted molar refractivity (Wildman–Crippen MR) is 106 cm³/mol. The Kier molecular flexibility index (Phi) is 6.97. The van der Waals surface area contributed by atoms with E-state index in [4.69, 9.17) is 0 Å². The van der Waals surface area contributed by atoms with E-state index in [1.165, 1.54) is 6.92 Å². The van der Waals surface area contributed by atoms with Crippen molar-refractivity contribution in [1.29, 1.82) is 0 Å². The zero-order chi connectivity index (χ0) is 23.7. The molecule has 0 aromatic heterocycles. The summed E-state index contributed by atoms with van der Waals surface area (Å²) in [5.41, 5.74) is -1.07. The Balaban J connectivity index is 1.86. The van der Waals surface area contributed by atoms with Gasteiger partial charge in [0, 0.05) is 18.9 Å². The number of hydrogen-bond donors (Lipinski definition) is 3. The Morgan fingerprint density at radius 2 is 1.97 bits per heavy atom. The number of hydrogen-bond acceptors (Lipinski definition) is 5. The van der Waals surface area contributed by atoms with Crippen LogP contribution < -0.4 is 10.6 Å². The highest BCUT2D eigenvalue weighted by Crippen LogP contribution is 2.45. The minimum absolute atomic E-state index is 0.0225. The van der Waals surface area contributed by atoms with Gasteiger partial charge in [0.1, 0.15) is 17.6 Å². The summed E-state index contributed by atoms with van der Waals surface area (Å²) in [6, 6.07) is -2.62. The maximum atomic E-state index is 13.1. The molecule has 8 nitrogen and oxygen atoms in total. The minimum atomic E-state index is -5.15. The zero-order valence-electron chi connectivity index (χ0n) is 17.8. The number of alkyl halides is 3. The molecule has 2 fully saturated rings. The van der Waals surface area contributed by atoms with Gasteiger partial charge in [-0.1, -0.05) is 25.0 Å². The number of ketones is 1. The van der Waals surface area contributed by atoms with Gasteiger partial charge in [-0.15, -0.1) is 0 Å². The van der Waals surface area contributed by atoms with Crippen molar-refractivity contribution in [2.75, 3.05) is 6.54 Å². The summed E-state index contributed by atoms with van der Waals surface area (Å²) < 4.78 is 38.4. The number of aliphatic hydroxyl groups is 1. The van der Waals surface area contributed by atoms with E-state index in [0.29, 0.717) is 25.7 Å². The van der Waals surface area contributed by atoms with Crippen LogP contribution in [0.2, 0.25) is 0 Å². The number of nitrogens with zero attached hydrogens (tertiary/aromatic N) is 1. The first kappa shape index (κ1) is 24.2. The van der Waals surface area contributed by atoms with Crippen molar-refractivity contribution in [3.8, 4) is 0 Å². The van der Waals surface area contributed by atoms with Gasteiger partial charge in [-0.2, -0.15) is 13.2 Å². The van der Waals surface area contributed by atoms with Crippen LogP contribution >= 0.6 is 0 Å². The summed E-state index contributed by atoms with van der Waals surface area (Å²) in [7, 11) is 0. The number of rotatable bonds is 2. The van der Waals surface area contributed by atoms with Crippen LogP contribution in [0.1, 0.15) is 51.9 Å². The summed E-state index contributed by atoms with van der Waals surface area (Å²) in [6.45, 7) is 1.13. The Morgan fingerprint density at radius 3 is 2.62 bits per heavy atom.